The van der Waals surface area contributed by atoms with E-state index < -0.39 is 52.0 Å². The van der Waals surface area contributed by atoms with E-state index in [1.165, 1.54) is 32.4 Å². The molecular formula is C20H19F5N6O3. The number of nitrogens with zero attached hydrogens (tertiary/aromatic N) is 5. The number of hydrogen-bond donors (Lipinski definition) is 1. The Balaban J connectivity index is 1.78. The molecular weight excluding hydrogens is 467 g/mol. The molecule has 2 heterocycles. The SMILES string of the molecule is Cc1nn(Cc2c(F)c(F)c(F)c(F)c2F)c(C)c1NC(=O)CCn1nc(C)c([N+](=O)[O-])c1C. The molecule has 2 aromatic heterocycles. The van der Waals surface area contributed by atoms with Crippen molar-refractivity contribution in [3.63, 3.8) is 0 Å². The van der Waals surface area contributed by atoms with Gasteiger partial charge in [-0.05, 0) is 27.7 Å². The van der Waals surface area contributed by atoms with Crippen molar-refractivity contribution in [2.45, 2.75) is 47.2 Å². The lowest BCUT2D eigenvalue weighted by molar-refractivity contribution is -0.386. The molecule has 1 aromatic carbocycles. The van der Waals surface area contributed by atoms with Gasteiger partial charge in [0.1, 0.15) is 11.4 Å². The zero-order chi connectivity index (χ0) is 25.5. The Morgan fingerprint density at radius 3 is 1.94 bits per heavy atom. The molecule has 14 heteroatoms. The summed E-state index contributed by atoms with van der Waals surface area (Å²) in [5.41, 5.74) is -0.0314. The fourth-order valence-corrected chi connectivity index (χ4v) is 3.55. The van der Waals surface area contributed by atoms with Crippen LogP contribution in [0.1, 0.15) is 34.8 Å². The number of halogens is 5. The molecule has 0 fully saturated rings. The number of rotatable bonds is 7. The summed E-state index contributed by atoms with van der Waals surface area (Å²) < 4.78 is 70.7. The van der Waals surface area contributed by atoms with Crippen LogP contribution in [-0.2, 0) is 17.9 Å². The summed E-state index contributed by atoms with van der Waals surface area (Å²) in [7, 11) is 0. The molecule has 3 aromatic rings. The predicted octanol–water partition coefficient (Wildman–Crippen LogP) is 3.99. The van der Waals surface area contributed by atoms with E-state index in [1.807, 2.05) is 0 Å². The number of hydrogen-bond acceptors (Lipinski definition) is 5. The maximum Gasteiger partial charge on any atom is 0.312 e. The molecule has 0 radical (unpaired) electrons. The van der Waals surface area contributed by atoms with Crippen LogP contribution in [0.3, 0.4) is 0 Å². The molecule has 0 aliphatic carbocycles. The first-order chi connectivity index (χ1) is 15.8. The van der Waals surface area contributed by atoms with Crippen LogP contribution in [0.15, 0.2) is 0 Å². The fourth-order valence-electron chi connectivity index (χ4n) is 3.55. The van der Waals surface area contributed by atoms with Gasteiger partial charge < -0.3 is 5.32 Å². The van der Waals surface area contributed by atoms with E-state index in [1.54, 1.807) is 0 Å². The Morgan fingerprint density at radius 1 is 0.882 bits per heavy atom. The Labute approximate surface area is 189 Å². The van der Waals surface area contributed by atoms with E-state index in [4.69, 9.17) is 0 Å². The minimum absolute atomic E-state index is 0.0448. The smallest absolute Gasteiger partial charge is 0.312 e. The second kappa shape index (κ2) is 9.19. The maximum absolute atomic E-state index is 14.0. The largest absolute Gasteiger partial charge is 0.323 e. The van der Waals surface area contributed by atoms with Gasteiger partial charge in [0.2, 0.25) is 11.7 Å². The number of carbonyl (C=O) groups excluding carboxylic acids is 1. The van der Waals surface area contributed by atoms with Gasteiger partial charge in [-0.15, -0.1) is 0 Å². The number of aromatic nitrogens is 4. The minimum Gasteiger partial charge on any atom is -0.323 e. The molecule has 0 aliphatic rings. The highest BCUT2D eigenvalue weighted by atomic mass is 19.2. The van der Waals surface area contributed by atoms with E-state index >= 15 is 0 Å². The Bertz CT molecular complexity index is 1290. The topological polar surface area (TPSA) is 108 Å². The first-order valence-corrected chi connectivity index (χ1v) is 9.87. The fraction of sp³-hybridized carbons (Fsp3) is 0.350. The van der Waals surface area contributed by atoms with E-state index in [9.17, 15) is 36.9 Å². The van der Waals surface area contributed by atoms with Crippen molar-refractivity contribution in [2.24, 2.45) is 0 Å². The van der Waals surface area contributed by atoms with Crippen molar-refractivity contribution < 1.29 is 31.7 Å². The molecule has 0 atom stereocenters. The maximum atomic E-state index is 14.0. The summed E-state index contributed by atoms with van der Waals surface area (Å²) in [6, 6.07) is 0. The molecule has 34 heavy (non-hydrogen) atoms. The van der Waals surface area contributed by atoms with Crippen LogP contribution in [0, 0.1) is 66.9 Å². The lowest BCUT2D eigenvalue weighted by Gasteiger charge is -2.10. The molecule has 182 valence electrons. The number of nitro groups is 1. The first-order valence-electron chi connectivity index (χ1n) is 9.87. The number of benzene rings is 1. The van der Waals surface area contributed by atoms with Crippen molar-refractivity contribution in [2.75, 3.05) is 5.32 Å². The van der Waals surface area contributed by atoms with Crippen LogP contribution in [-0.4, -0.2) is 30.4 Å². The normalized spacial score (nSPS) is 11.2. The second-order valence-corrected chi connectivity index (χ2v) is 7.55. The highest BCUT2D eigenvalue weighted by Crippen LogP contribution is 2.26. The number of amides is 1. The van der Waals surface area contributed by atoms with E-state index in [0.29, 0.717) is 5.69 Å². The molecule has 0 saturated carbocycles. The van der Waals surface area contributed by atoms with Gasteiger partial charge in [-0.25, -0.2) is 22.0 Å². The quantitative estimate of drug-likeness (QED) is 0.179. The van der Waals surface area contributed by atoms with E-state index in [0.717, 1.165) is 4.68 Å². The van der Waals surface area contributed by atoms with Gasteiger partial charge in [0.25, 0.3) is 0 Å². The van der Waals surface area contributed by atoms with Crippen LogP contribution < -0.4 is 5.32 Å². The Hall–Kier alpha value is -3.84. The number of carbonyl (C=O) groups is 1. The zero-order valence-corrected chi connectivity index (χ0v) is 18.5. The van der Waals surface area contributed by atoms with Crippen LogP contribution in [0.5, 0.6) is 0 Å². The zero-order valence-electron chi connectivity index (χ0n) is 18.5. The van der Waals surface area contributed by atoms with Crippen LogP contribution in [0.4, 0.5) is 33.3 Å². The number of nitrogens with one attached hydrogen (secondary N) is 1. The average Bonchev–Trinajstić information content (AvgIpc) is 3.21. The molecule has 1 amide bonds. The average molecular weight is 486 g/mol. The lowest BCUT2D eigenvalue weighted by Crippen LogP contribution is -2.17. The summed E-state index contributed by atoms with van der Waals surface area (Å²) in [5.74, 6) is -10.8. The van der Waals surface area contributed by atoms with Crippen LogP contribution in [0.25, 0.3) is 0 Å². The van der Waals surface area contributed by atoms with Gasteiger partial charge in [0.15, 0.2) is 23.3 Å². The predicted molar refractivity (Wildman–Crippen MR) is 109 cm³/mol. The molecule has 0 bridgehead atoms. The van der Waals surface area contributed by atoms with Gasteiger partial charge in [-0.3, -0.25) is 24.3 Å². The molecule has 0 saturated heterocycles. The summed E-state index contributed by atoms with van der Waals surface area (Å²) >= 11 is 0. The van der Waals surface area contributed by atoms with Gasteiger partial charge in [0.05, 0.1) is 40.7 Å². The first kappa shape index (κ1) is 24.8. The summed E-state index contributed by atoms with van der Waals surface area (Å²) in [6.07, 6.45) is -0.110. The third-order valence-corrected chi connectivity index (χ3v) is 5.33. The van der Waals surface area contributed by atoms with Crippen molar-refractivity contribution in [1.82, 2.24) is 19.6 Å². The molecule has 0 spiro atoms. The second-order valence-electron chi connectivity index (χ2n) is 7.55. The van der Waals surface area contributed by atoms with Crippen LogP contribution >= 0.6 is 0 Å². The van der Waals surface area contributed by atoms with Gasteiger partial charge in [-0.2, -0.15) is 10.2 Å². The Morgan fingerprint density at radius 2 is 1.41 bits per heavy atom. The number of aryl methyl sites for hydroxylation is 3. The highest BCUT2D eigenvalue weighted by molar-refractivity contribution is 5.91. The summed E-state index contributed by atoms with van der Waals surface area (Å²) in [6.45, 7) is 5.21. The van der Waals surface area contributed by atoms with E-state index in [2.05, 4.69) is 15.5 Å². The molecule has 3 rings (SSSR count). The Kier molecular flexibility index (Phi) is 6.70. The molecule has 9 nitrogen and oxygen atoms in total. The highest BCUT2D eigenvalue weighted by Gasteiger charge is 2.27. The van der Waals surface area contributed by atoms with Crippen molar-refractivity contribution in [3.05, 3.63) is 67.5 Å². The molecule has 0 unspecified atom stereocenters. The lowest BCUT2D eigenvalue weighted by atomic mass is 10.1. The third-order valence-electron chi connectivity index (χ3n) is 5.33. The monoisotopic (exact) mass is 486 g/mol. The third kappa shape index (κ3) is 4.34. The number of anilines is 1. The van der Waals surface area contributed by atoms with Crippen LogP contribution in [0.2, 0.25) is 0 Å². The van der Waals surface area contributed by atoms with Crippen molar-refractivity contribution in [3.8, 4) is 0 Å². The van der Waals surface area contributed by atoms with Gasteiger partial charge in [0, 0.05) is 6.42 Å². The standard InChI is InChI=1S/C20H19F5N6O3/c1-8-19(26-13(32)5-6-29-11(4)20(31(33)34)9(2)28-29)10(3)30(27-8)7-12-14(21)16(23)18(25)17(24)15(12)22/h5-7H2,1-4H3,(H,26,32). The van der Waals surface area contributed by atoms with Crippen molar-refractivity contribution in [1.29, 1.82) is 0 Å². The minimum atomic E-state index is -2.26. The van der Waals surface area contributed by atoms with E-state index in [-0.39, 0.29) is 41.4 Å². The summed E-state index contributed by atoms with van der Waals surface area (Å²) in [4.78, 5) is 23.0. The van der Waals surface area contributed by atoms with Gasteiger partial charge in [-0.1, -0.05) is 0 Å². The molecule has 0 aliphatic heterocycles. The van der Waals surface area contributed by atoms with Crippen molar-refractivity contribution >= 4 is 17.3 Å². The summed E-state index contributed by atoms with van der Waals surface area (Å²) in [5, 5.41) is 21.8. The van der Waals surface area contributed by atoms with Gasteiger partial charge >= 0.3 is 5.69 Å². The molecule has 1 N–H and O–H groups in total.